The Hall–Kier alpha value is -1.61. The van der Waals surface area contributed by atoms with Crippen LogP contribution in [0.5, 0.6) is 0 Å². The summed E-state index contributed by atoms with van der Waals surface area (Å²) < 4.78 is 20.0. The van der Waals surface area contributed by atoms with Gasteiger partial charge in [0.15, 0.2) is 0 Å². The highest BCUT2D eigenvalue weighted by Gasteiger charge is 2.23. The van der Waals surface area contributed by atoms with Crippen LogP contribution in [0.2, 0.25) is 0 Å². The summed E-state index contributed by atoms with van der Waals surface area (Å²) in [4.78, 5) is 0. The fraction of sp³-hybridized carbons (Fsp3) is 0.412. The van der Waals surface area contributed by atoms with Crippen molar-refractivity contribution < 1.29 is 8.81 Å². The van der Waals surface area contributed by atoms with Crippen LogP contribution in [0.1, 0.15) is 46.7 Å². The lowest BCUT2D eigenvalue weighted by Crippen LogP contribution is -2.24. The molecular weight excluding hydrogens is 253 g/mol. The van der Waals surface area contributed by atoms with E-state index in [0.717, 1.165) is 34.8 Å². The lowest BCUT2D eigenvalue weighted by Gasteiger charge is -2.21. The summed E-state index contributed by atoms with van der Waals surface area (Å²) in [5.41, 5.74) is 3.63. The van der Waals surface area contributed by atoms with E-state index in [1.165, 1.54) is 0 Å². The van der Waals surface area contributed by atoms with Crippen molar-refractivity contribution in [2.45, 2.75) is 40.7 Å². The zero-order chi connectivity index (χ0) is 14.9. The maximum atomic E-state index is 14.4. The maximum Gasteiger partial charge on any atom is 0.128 e. The highest BCUT2D eigenvalue weighted by Crippen LogP contribution is 2.31. The average molecular weight is 275 g/mol. The summed E-state index contributed by atoms with van der Waals surface area (Å²) in [6.45, 7) is 10.5. The van der Waals surface area contributed by atoms with Crippen molar-refractivity contribution in [3.8, 4) is 0 Å². The third-order valence-corrected chi connectivity index (χ3v) is 3.57. The first kappa shape index (κ1) is 14.8. The predicted molar refractivity (Wildman–Crippen MR) is 79.6 cm³/mol. The fourth-order valence-corrected chi connectivity index (χ4v) is 2.80. The molecule has 0 spiro atoms. The lowest BCUT2D eigenvalue weighted by molar-refractivity contribution is 0.491. The smallest absolute Gasteiger partial charge is 0.128 e. The second-order valence-electron chi connectivity index (χ2n) is 5.34. The van der Waals surface area contributed by atoms with Gasteiger partial charge >= 0.3 is 0 Å². The van der Waals surface area contributed by atoms with Crippen LogP contribution in [0.3, 0.4) is 0 Å². The molecule has 0 aliphatic rings. The summed E-state index contributed by atoms with van der Waals surface area (Å²) in [6, 6.07) is 5.43. The Morgan fingerprint density at radius 3 is 2.35 bits per heavy atom. The second-order valence-corrected chi connectivity index (χ2v) is 5.34. The minimum Gasteiger partial charge on any atom is -0.466 e. The molecule has 0 radical (unpaired) electrons. The van der Waals surface area contributed by atoms with Gasteiger partial charge in [-0.1, -0.05) is 13.0 Å². The topological polar surface area (TPSA) is 25.2 Å². The van der Waals surface area contributed by atoms with Gasteiger partial charge in [-0.3, -0.25) is 0 Å². The molecule has 0 saturated heterocycles. The quantitative estimate of drug-likeness (QED) is 0.897. The average Bonchev–Trinajstić information content (AvgIpc) is 2.66. The van der Waals surface area contributed by atoms with E-state index in [2.05, 4.69) is 5.32 Å². The minimum atomic E-state index is -0.168. The van der Waals surface area contributed by atoms with E-state index >= 15 is 0 Å². The van der Waals surface area contributed by atoms with Gasteiger partial charge in [0.1, 0.15) is 17.3 Å². The SMILES string of the molecule is CCNC(c1cc(C)oc1C)c1c(C)cc(C)cc1F. The van der Waals surface area contributed by atoms with Gasteiger partial charge in [-0.15, -0.1) is 0 Å². The standard InChI is InChI=1S/C17H22FNO/c1-6-19-17(14-9-12(4)20-13(14)5)16-11(3)7-10(2)8-15(16)18/h7-9,17,19H,6H2,1-5H3. The summed E-state index contributed by atoms with van der Waals surface area (Å²) in [7, 11) is 0. The Balaban J connectivity index is 2.57. The molecule has 0 fully saturated rings. The van der Waals surface area contributed by atoms with Crippen molar-refractivity contribution >= 4 is 0 Å². The van der Waals surface area contributed by atoms with Crippen LogP contribution in [-0.2, 0) is 0 Å². The molecule has 0 aliphatic heterocycles. The molecule has 2 rings (SSSR count). The fourth-order valence-electron chi connectivity index (χ4n) is 2.80. The number of aryl methyl sites for hydroxylation is 4. The van der Waals surface area contributed by atoms with E-state index in [4.69, 9.17) is 4.42 Å². The van der Waals surface area contributed by atoms with E-state index in [1.54, 1.807) is 6.07 Å². The third-order valence-electron chi connectivity index (χ3n) is 3.57. The Morgan fingerprint density at radius 2 is 1.85 bits per heavy atom. The molecule has 20 heavy (non-hydrogen) atoms. The Labute approximate surface area is 120 Å². The molecule has 0 aliphatic carbocycles. The summed E-state index contributed by atoms with van der Waals surface area (Å²) in [5, 5.41) is 3.37. The molecular formula is C17H22FNO. The van der Waals surface area contributed by atoms with Crippen LogP contribution < -0.4 is 5.32 Å². The first-order valence-corrected chi connectivity index (χ1v) is 7.01. The van der Waals surface area contributed by atoms with Gasteiger partial charge in [-0.25, -0.2) is 4.39 Å². The first-order valence-electron chi connectivity index (χ1n) is 7.01. The molecule has 1 atom stereocenters. The van der Waals surface area contributed by atoms with Crippen LogP contribution in [-0.4, -0.2) is 6.54 Å². The van der Waals surface area contributed by atoms with Crippen LogP contribution >= 0.6 is 0 Å². The Morgan fingerprint density at radius 1 is 1.15 bits per heavy atom. The van der Waals surface area contributed by atoms with Gasteiger partial charge in [0.2, 0.25) is 0 Å². The molecule has 0 bridgehead atoms. The molecule has 2 nitrogen and oxygen atoms in total. The van der Waals surface area contributed by atoms with E-state index < -0.39 is 0 Å². The second kappa shape index (κ2) is 5.80. The number of hydrogen-bond donors (Lipinski definition) is 1. The molecule has 1 aromatic carbocycles. The Bertz CT molecular complexity index is 592. The van der Waals surface area contributed by atoms with Crippen molar-refractivity contribution in [1.82, 2.24) is 5.32 Å². The van der Waals surface area contributed by atoms with Crippen LogP contribution in [0.15, 0.2) is 22.6 Å². The largest absolute Gasteiger partial charge is 0.466 e. The highest BCUT2D eigenvalue weighted by molar-refractivity contribution is 5.41. The number of halogens is 1. The van der Waals surface area contributed by atoms with Gasteiger partial charge in [-0.2, -0.15) is 0 Å². The van der Waals surface area contributed by atoms with Crippen LogP contribution in [0.4, 0.5) is 4.39 Å². The van der Waals surface area contributed by atoms with E-state index in [-0.39, 0.29) is 11.9 Å². The number of hydrogen-bond acceptors (Lipinski definition) is 2. The predicted octanol–water partition coefficient (Wildman–Crippen LogP) is 4.35. The van der Waals surface area contributed by atoms with Crippen LogP contribution in [0, 0.1) is 33.5 Å². The van der Waals surface area contributed by atoms with Gasteiger partial charge < -0.3 is 9.73 Å². The third kappa shape index (κ3) is 2.78. The zero-order valence-corrected chi connectivity index (χ0v) is 12.8. The molecule has 3 heteroatoms. The normalized spacial score (nSPS) is 12.7. The summed E-state index contributed by atoms with van der Waals surface area (Å²) in [5.74, 6) is 1.53. The van der Waals surface area contributed by atoms with Gasteiger partial charge in [-0.05, 0) is 57.5 Å². The molecule has 2 aromatic rings. The molecule has 0 amide bonds. The molecule has 1 heterocycles. The molecule has 0 saturated carbocycles. The van der Waals surface area contributed by atoms with Gasteiger partial charge in [0, 0.05) is 11.1 Å². The number of benzene rings is 1. The Kier molecular flexibility index (Phi) is 4.29. The van der Waals surface area contributed by atoms with Crippen molar-refractivity contribution in [2.24, 2.45) is 0 Å². The van der Waals surface area contributed by atoms with Crippen molar-refractivity contribution in [1.29, 1.82) is 0 Å². The highest BCUT2D eigenvalue weighted by atomic mass is 19.1. The van der Waals surface area contributed by atoms with E-state index in [0.29, 0.717) is 5.56 Å². The van der Waals surface area contributed by atoms with Gasteiger partial charge in [0.25, 0.3) is 0 Å². The number of furan rings is 1. The number of nitrogens with one attached hydrogen (secondary N) is 1. The monoisotopic (exact) mass is 275 g/mol. The van der Waals surface area contributed by atoms with E-state index in [9.17, 15) is 4.39 Å². The number of rotatable bonds is 4. The minimum absolute atomic E-state index is 0.160. The van der Waals surface area contributed by atoms with Crippen molar-refractivity contribution in [3.05, 3.63) is 57.8 Å². The molecule has 108 valence electrons. The summed E-state index contributed by atoms with van der Waals surface area (Å²) >= 11 is 0. The lowest BCUT2D eigenvalue weighted by atomic mass is 9.93. The van der Waals surface area contributed by atoms with Crippen molar-refractivity contribution in [2.75, 3.05) is 6.54 Å². The molecule has 1 N–H and O–H groups in total. The molecule has 1 unspecified atom stereocenters. The first-order chi connectivity index (χ1) is 9.43. The molecule has 1 aromatic heterocycles. The van der Waals surface area contributed by atoms with Crippen LogP contribution in [0.25, 0.3) is 0 Å². The van der Waals surface area contributed by atoms with E-state index in [1.807, 2.05) is 46.8 Å². The maximum absolute atomic E-state index is 14.4. The zero-order valence-electron chi connectivity index (χ0n) is 12.8. The van der Waals surface area contributed by atoms with Crippen molar-refractivity contribution in [3.63, 3.8) is 0 Å². The van der Waals surface area contributed by atoms with Gasteiger partial charge in [0.05, 0.1) is 6.04 Å². The summed E-state index contributed by atoms with van der Waals surface area (Å²) in [6.07, 6.45) is 0.